The van der Waals surface area contributed by atoms with Crippen molar-refractivity contribution in [2.24, 2.45) is 0 Å². The van der Waals surface area contributed by atoms with Gasteiger partial charge in [-0.25, -0.2) is 14.4 Å². The van der Waals surface area contributed by atoms with Crippen molar-refractivity contribution in [2.45, 2.75) is 66.6 Å². The number of carbonyl (C=O) groups is 4. The number of carboxylic acids is 1. The van der Waals surface area contributed by atoms with Crippen molar-refractivity contribution in [1.29, 1.82) is 0 Å². The van der Waals surface area contributed by atoms with E-state index in [0.29, 0.717) is 24.5 Å². The van der Waals surface area contributed by atoms with Crippen LogP contribution < -0.4 is 9.47 Å². The Balaban J connectivity index is 0.000000522. The number of amides is 3. The van der Waals surface area contributed by atoms with Crippen LogP contribution in [0.1, 0.15) is 55.4 Å². The van der Waals surface area contributed by atoms with Gasteiger partial charge in [-0.3, -0.25) is 4.79 Å². The lowest BCUT2D eigenvalue weighted by Gasteiger charge is -2.27. The minimum atomic E-state index is -1.01. The van der Waals surface area contributed by atoms with Crippen molar-refractivity contribution in [2.75, 3.05) is 53.5 Å². The molecule has 1 N–H and O–H groups in total. The maximum Gasteiger partial charge on any atom is 0.410 e. The minimum Gasteiger partial charge on any atom is -0.492 e. The number of carboxylic acid groups (broad SMARTS) is 1. The summed E-state index contributed by atoms with van der Waals surface area (Å²) in [6, 6.07) is 15.3. The summed E-state index contributed by atoms with van der Waals surface area (Å²) in [5.41, 5.74) is -0.471. The monoisotopic (exact) mass is 949 g/mol. The second-order valence-electron chi connectivity index (χ2n) is 13.7. The summed E-state index contributed by atoms with van der Waals surface area (Å²) in [7, 11) is 3.39. The molecule has 2 rings (SSSR count). The highest BCUT2D eigenvalue weighted by molar-refractivity contribution is 14.1. The lowest BCUT2D eigenvalue weighted by Crippen LogP contribution is -2.39. The molecule has 0 aliphatic heterocycles. The summed E-state index contributed by atoms with van der Waals surface area (Å²) in [4.78, 5) is 52.1. The molecule has 0 atom stereocenters. The topological polar surface area (TPSA) is 135 Å². The maximum absolute atomic E-state index is 12.5. The Kier molecular flexibility index (Phi) is 20.1. The zero-order valence-corrected chi connectivity index (χ0v) is 36.1. The normalized spacial score (nSPS) is 11.8. The molecule has 52 heavy (non-hydrogen) atoms. The van der Waals surface area contributed by atoms with E-state index in [9.17, 15) is 19.2 Å². The van der Waals surface area contributed by atoms with Crippen molar-refractivity contribution in [3.63, 3.8) is 0 Å². The number of halogens is 2. The number of rotatable bonds is 14. The third kappa shape index (κ3) is 20.5. The lowest BCUT2D eigenvalue weighted by atomic mass is 10.2. The number of benzene rings is 2. The van der Waals surface area contributed by atoms with E-state index in [1.165, 1.54) is 27.7 Å². The fourth-order valence-electron chi connectivity index (χ4n) is 3.80. The molecule has 0 aliphatic rings. The molecule has 288 valence electrons. The summed E-state index contributed by atoms with van der Waals surface area (Å²) in [5.74, 6) is 0.351. The summed E-state index contributed by atoms with van der Waals surface area (Å²) in [6.45, 7) is 15.7. The molecule has 0 radical (unpaired) electrons. The first-order valence-corrected chi connectivity index (χ1v) is 18.7. The molecular formula is C38H53I2N3O9. The number of hydrogen-bond donors (Lipinski definition) is 1. The van der Waals surface area contributed by atoms with Crippen LogP contribution in [0.4, 0.5) is 9.59 Å². The van der Waals surface area contributed by atoms with E-state index in [0.717, 1.165) is 12.9 Å². The smallest absolute Gasteiger partial charge is 0.410 e. The second-order valence-corrected chi connectivity index (χ2v) is 16.2. The van der Waals surface area contributed by atoms with Crippen molar-refractivity contribution in [1.82, 2.24) is 14.7 Å². The molecule has 0 aliphatic carbocycles. The van der Waals surface area contributed by atoms with Crippen LogP contribution in [0, 0.1) is 7.14 Å². The number of hydrogen-bond acceptors (Lipinski definition) is 8. The number of ether oxygens (including phenoxy) is 4. The Morgan fingerprint density at radius 3 is 1.31 bits per heavy atom. The molecule has 0 unspecified atom stereocenters. The van der Waals surface area contributed by atoms with Gasteiger partial charge in [-0.1, -0.05) is 12.2 Å². The van der Waals surface area contributed by atoms with Gasteiger partial charge in [0.2, 0.25) is 5.91 Å². The third-order valence-electron chi connectivity index (χ3n) is 6.51. The standard InChI is InChI=1S/C20H29IN2O4.C18H24INO5/c1-15(18(24)22(5)6)11-12-23(19(25)27-20(2,3)4)13-14-26-17-9-7-16(21)8-10-17;1-13(16(21)22)9-10-20(17(23)25-18(2,3)4)11-12-24-15-7-5-14(19)6-8-15/h7-11H,12-14H2,1-6H3;5-9H,10-12H2,1-4H3,(H,21,22)/b15-11+;13-9+. The predicted octanol–water partition coefficient (Wildman–Crippen LogP) is 7.88. The van der Waals surface area contributed by atoms with E-state index >= 15 is 0 Å². The van der Waals surface area contributed by atoms with E-state index in [-0.39, 0.29) is 37.7 Å². The van der Waals surface area contributed by atoms with Crippen molar-refractivity contribution >= 4 is 69.2 Å². The molecule has 0 spiro atoms. The zero-order valence-electron chi connectivity index (χ0n) is 31.8. The summed E-state index contributed by atoms with van der Waals surface area (Å²) >= 11 is 4.44. The van der Waals surface area contributed by atoms with Crippen LogP contribution in [0.15, 0.2) is 71.8 Å². The van der Waals surface area contributed by atoms with Gasteiger partial charge in [-0.15, -0.1) is 0 Å². The van der Waals surface area contributed by atoms with Gasteiger partial charge in [0.1, 0.15) is 35.9 Å². The van der Waals surface area contributed by atoms with E-state index in [1.54, 1.807) is 47.9 Å². The first kappa shape index (κ1) is 46.5. The molecule has 0 saturated heterocycles. The van der Waals surface area contributed by atoms with Gasteiger partial charge < -0.3 is 38.8 Å². The fourth-order valence-corrected chi connectivity index (χ4v) is 4.52. The largest absolute Gasteiger partial charge is 0.492 e. The van der Waals surface area contributed by atoms with Crippen LogP contribution >= 0.6 is 45.2 Å². The van der Waals surface area contributed by atoms with Crippen LogP contribution in [-0.4, -0.2) is 109 Å². The average Bonchev–Trinajstić information content (AvgIpc) is 3.03. The van der Waals surface area contributed by atoms with E-state index in [2.05, 4.69) is 45.2 Å². The molecule has 14 heteroatoms. The van der Waals surface area contributed by atoms with Gasteiger partial charge in [-0.05, 0) is 149 Å². The quantitative estimate of drug-likeness (QED) is 0.148. The maximum atomic E-state index is 12.5. The second kappa shape index (κ2) is 22.5. The fraction of sp³-hybridized carbons (Fsp3) is 0.474. The van der Waals surface area contributed by atoms with Crippen molar-refractivity contribution in [3.05, 3.63) is 79.0 Å². The van der Waals surface area contributed by atoms with E-state index in [4.69, 9.17) is 24.1 Å². The Morgan fingerprint density at radius 1 is 0.654 bits per heavy atom. The van der Waals surface area contributed by atoms with Crippen LogP contribution in [0.2, 0.25) is 0 Å². The summed E-state index contributed by atoms with van der Waals surface area (Å²) in [5, 5.41) is 8.94. The van der Waals surface area contributed by atoms with Gasteiger partial charge in [0.05, 0.1) is 13.1 Å². The Morgan fingerprint density at radius 2 is 1.00 bits per heavy atom. The molecule has 0 fully saturated rings. The third-order valence-corrected chi connectivity index (χ3v) is 7.95. The molecule has 0 bridgehead atoms. The summed E-state index contributed by atoms with van der Waals surface area (Å²) in [6.07, 6.45) is 2.28. The van der Waals surface area contributed by atoms with Crippen LogP contribution in [0.5, 0.6) is 11.5 Å². The zero-order chi connectivity index (χ0) is 39.6. The average molecular weight is 950 g/mol. The number of likely N-dealkylation sites (N-methyl/N-ethyl adjacent to an activating group) is 1. The molecule has 0 saturated carbocycles. The first-order chi connectivity index (χ1) is 24.1. The van der Waals surface area contributed by atoms with Gasteiger partial charge in [0.15, 0.2) is 0 Å². The molecular weight excluding hydrogens is 896 g/mol. The minimum absolute atomic E-state index is 0.0886. The van der Waals surface area contributed by atoms with E-state index in [1.807, 2.05) is 69.3 Å². The number of carbonyl (C=O) groups excluding carboxylic acids is 3. The van der Waals surface area contributed by atoms with Crippen LogP contribution in [0.25, 0.3) is 0 Å². The highest BCUT2D eigenvalue weighted by Gasteiger charge is 2.23. The Hall–Kier alpha value is -3.54. The highest BCUT2D eigenvalue weighted by atomic mass is 127. The molecule has 2 aromatic rings. The molecule has 2 aromatic carbocycles. The van der Waals surface area contributed by atoms with Crippen molar-refractivity contribution < 1.29 is 43.2 Å². The van der Waals surface area contributed by atoms with Crippen LogP contribution in [0.3, 0.4) is 0 Å². The van der Waals surface area contributed by atoms with Gasteiger partial charge in [-0.2, -0.15) is 0 Å². The lowest BCUT2D eigenvalue weighted by molar-refractivity contribution is -0.132. The van der Waals surface area contributed by atoms with Gasteiger partial charge >= 0.3 is 18.2 Å². The molecule has 0 heterocycles. The Bertz CT molecular complexity index is 1510. The highest BCUT2D eigenvalue weighted by Crippen LogP contribution is 2.16. The SMILES string of the molecule is C/C(=C\CN(CCOc1ccc(I)cc1)C(=O)OC(C)(C)C)C(=O)N(C)C.C/C(=C\CN(CCOc1ccc(I)cc1)C(=O)OC(C)(C)C)C(=O)O. The number of aliphatic carboxylic acids is 1. The molecule has 3 amide bonds. The van der Waals surface area contributed by atoms with Gasteiger partial charge in [0.25, 0.3) is 0 Å². The molecule has 0 aromatic heterocycles. The Labute approximate surface area is 335 Å². The van der Waals surface area contributed by atoms with Crippen LogP contribution in [-0.2, 0) is 19.1 Å². The first-order valence-electron chi connectivity index (χ1n) is 16.6. The number of nitrogens with zero attached hydrogens (tertiary/aromatic N) is 3. The summed E-state index contributed by atoms with van der Waals surface area (Å²) < 4.78 is 24.4. The molecule has 12 nitrogen and oxygen atoms in total. The van der Waals surface area contributed by atoms with Crippen molar-refractivity contribution in [3.8, 4) is 11.5 Å². The predicted molar refractivity (Wildman–Crippen MR) is 219 cm³/mol. The van der Waals surface area contributed by atoms with E-state index < -0.39 is 29.4 Å². The van der Waals surface area contributed by atoms with Gasteiger partial charge in [0, 0.05) is 45.5 Å².